The van der Waals surface area contributed by atoms with Gasteiger partial charge in [0.2, 0.25) is 23.5 Å². The van der Waals surface area contributed by atoms with Crippen molar-refractivity contribution in [3.05, 3.63) is 41.4 Å². The number of carbonyl (C=O) groups excluding carboxylic acids is 5. The van der Waals surface area contributed by atoms with Crippen molar-refractivity contribution in [1.29, 1.82) is 0 Å². The van der Waals surface area contributed by atoms with E-state index in [1.54, 1.807) is 32.0 Å². The summed E-state index contributed by atoms with van der Waals surface area (Å²) in [6.45, 7) is 4.86. The molecule has 1 aromatic carbocycles. The van der Waals surface area contributed by atoms with Gasteiger partial charge in [-0.25, -0.2) is 0 Å². The van der Waals surface area contributed by atoms with Crippen LogP contribution in [0.5, 0.6) is 0 Å². The summed E-state index contributed by atoms with van der Waals surface area (Å²) >= 11 is 0. The van der Waals surface area contributed by atoms with Gasteiger partial charge in [-0.3, -0.25) is 24.0 Å². The highest BCUT2D eigenvalue weighted by molar-refractivity contribution is 6.26. The van der Waals surface area contributed by atoms with Gasteiger partial charge in [-0.15, -0.1) is 0 Å². The molecule has 1 aromatic rings. The van der Waals surface area contributed by atoms with Gasteiger partial charge in [0, 0.05) is 12.0 Å². The quantitative estimate of drug-likeness (QED) is 0.137. The number of nitrogens with two attached hydrogens (primary N) is 1. The predicted octanol–water partition coefficient (Wildman–Crippen LogP) is -1.07. The van der Waals surface area contributed by atoms with Crippen molar-refractivity contribution in [3.8, 4) is 0 Å². The molecule has 4 amide bonds. The summed E-state index contributed by atoms with van der Waals surface area (Å²) in [5, 5.41) is 16.9. The fraction of sp³-hybridized carbons (Fsp3) is 0.455. The zero-order valence-corrected chi connectivity index (χ0v) is 19.2. The van der Waals surface area contributed by atoms with Gasteiger partial charge in [-0.05, 0) is 31.4 Å². The lowest BCUT2D eigenvalue weighted by atomic mass is 10.0. The first kappa shape index (κ1) is 28.1. The van der Waals surface area contributed by atoms with E-state index in [-0.39, 0.29) is 17.9 Å². The van der Waals surface area contributed by atoms with Crippen LogP contribution in [0.15, 0.2) is 30.3 Å². The van der Waals surface area contributed by atoms with E-state index < -0.39 is 60.1 Å². The Morgan fingerprint density at radius 1 is 1.00 bits per heavy atom. The molecular weight excluding hydrogens is 444 g/mol. The number of benzene rings is 1. The Kier molecular flexibility index (Phi) is 11.3. The minimum Gasteiger partial charge on any atom is -0.391 e. The van der Waals surface area contributed by atoms with E-state index in [0.29, 0.717) is 6.21 Å². The van der Waals surface area contributed by atoms with Gasteiger partial charge >= 0.3 is 6.21 Å². The fourth-order valence-corrected chi connectivity index (χ4v) is 3.02. The average molecular weight is 475 g/mol. The van der Waals surface area contributed by atoms with Crippen molar-refractivity contribution < 1.29 is 33.9 Å². The summed E-state index contributed by atoms with van der Waals surface area (Å²) < 4.78 is 0. The van der Waals surface area contributed by atoms with Crippen LogP contribution in [-0.2, 0) is 19.2 Å². The smallest absolute Gasteiger partial charge is 0.323 e. The van der Waals surface area contributed by atoms with Crippen LogP contribution < -0.4 is 21.7 Å². The summed E-state index contributed by atoms with van der Waals surface area (Å²) in [6.07, 6.45) is -1.07. The Morgan fingerprint density at radius 3 is 2.09 bits per heavy atom. The molecule has 0 unspecified atom stereocenters. The van der Waals surface area contributed by atoms with Crippen LogP contribution in [-0.4, -0.2) is 69.8 Å². The van der Waals surface area contributed by atoms with E-state index in [9.17, 15) is 29.1 Å². The van der Waals surface area contributed by atoms with Crippen LogP contribution >= 0.6 is 0 Å². The fourth-order valence-electron chi connectivity index (χ4n) is 3.02. The Labute approximate surface area is 196 Å². The molecular formula is C22H30N6O6. The third kappa shape index (κ3) is 9.31. The minimum atomic E-state index is -1.40. The van der Waals surface area contributed by atoms with E-state index in [4.69, 9.17) is 11.3 Å². The van der Waals surface area contributed by atoms with Gasteiger partial charge in [0.25, 0.3) is 5.91 Å². The molecule has 34 heavy (non-hydrogen) atoms. The van der Waals surface area contributed by atoms with Crippen molar-refractivity contribution in [1.82, 2.24) is 16.0 Å². The van der Waals surface area contributed by atoms with Crippen LogP contribution in [0.25, 0.3) is 5.53 Å². The first-order valence-corrected chi connectivity index (χ1v) is 10.6. The molecule has 12 heteroatoms. The zero-order valence-electron chi connectivity index (χ0n) is 19.2. The molecule has 0 saturated carbocycles. The highest BCUT2D eigenvalue weighted by Crippen LogP contribution is 2.08. The molecule has 0 aliphatic carbocycles. The normalized spacial score (nSPS) is 14.0. The van der Waals surface area contributed by atoms with E-state index >= 15 is 0 Å². The molecule has 0 saturated heterocycles. The molecule has 0 aromatic heterocycles. The Hall–Kier alpha value is -3.89. The molecule has 0 fully saturated rings. The van der Waals surface area contributed by atoms with Gasteiger partial charge in [-0.2, -0.15) is 4.79 Å². The number of primary amides is 1. The maximum absolute atomic E-state index is 13.0. The molecule has 184 valence electrons. The van der Waals surface area contributed by atoms with Crippen molar-refractivity contribution in [2.45, 2.75) is 57.8 Å². The number of hydrogen-bond donors (Lipinski definition) is 5. The second-order valence-electron chi connectivity index (χ2n) is 8.13. The first-order chi connectivity index (χ1) is 16.0. The average Bonchev–Trinajstić information content (AvgIpc) is 2.76. The van der Waals surface area contributed by atoms with Crippen LogP contribution in [0.3, 0.4) is 0 Å². The van der Waals surface area contributed by atoms with Gasteiger partial charge < -0.3 is 32.3 Å². The molecule has 0 radical (unpaired) electrons. The largest absolute Gasteiger partial charge is 0.391 e. The maximum atomic E-state index is 13.0. The van der Waals surface area contributed by atoms with E-state index in [1.807, 2.05) is 0 Å². The summed E-state index contributed by atoms with van der Waals surface area (Å²) in [7, 11) is 0. The van der Waals surface area contributed by atoms with E-state index in [0.717, 1.165) is 0 Å². The summed E-state index contributed by atoms with van der Waals surface area (Å²) in [5.41, 5.74) is 14.0. The zero-order chi connectivity index (χ0) is 25.8. The number of nitrogens with zero attached hydrogens (tertiary/aromatic N) is 2. The van der Waals surface area contributed by atoms with Crippen molar-refractivity contribution in [2.24, 2.45) is 11.7 Å². The van der Waals surface area contributed by atoms with Crippen molar-refractivity contribution in [2.75, 3.05) is 0 Å². The lowest BCUT2D eigenvalue weighted by molar-refractivity contribution is -0.134. The van der Waals surface area contributed by atoms with E-state index in [1.165, 1.54) is 19.1 Å². The Bertz CT molecular complexity index is 942. The number of hydrogen-bond acceptors (Lipinski definition) is 6. The number of nitrogens with one attached hydrogen (secondary N) is 3. The highest BCUT2D eigenvalue weighted by atomic mass is 16.3. The topological polar surface area (TPSA) is 204 Å². The highest BCUT2D eigenvalue weighted by Gasteiger charge is 2.32. The lowest BCUT2D eigenvalue weighted by Gasteiger charge is -2.26. The Balaban J connectivity index is 3.11. The number of ketones is 1. The van der Waals surface area contributed by atoms with Crippen molar-refractivity contribution in [3.63, 3.8) is 0 Å². The van der Waals surface area contributed by atoms with Gasteiger partial charge in [0.05, 0.1) is 6.10 Å². The van der Waals surface area contributed by atoms with Crippen molar-refractivity contribution >= 4 is 35.6 Å². The molecule has 12 nitrogen and oxygen atoms in total. The third-order valence-corrected chi connectivity index (χ3v) is 4.69. The van der Waals surface area contributed by atoms with Crippen LogP contribution in [0.1, 0.15) is 44.0 Å². The number of aliphatic hydroxyl groups is 1. The molecule has 0 aliphatic heterocycles. The number of carbonyl (C=O) groups is 5. The Morgan fingerprint density at radius 2 is 1.59 bits per heavy atom. The molecule has 1 rings (SSSR count). The second kappa shape index (κ2) is 13.6. The molecule has 0 bridgehead atoms. The van der Waals surface area contributed by atoms with Crippen LogP contribution in [0.2, 0.25) is 0 Å². The first-order valence-electron chi connectivity index (χ1n) is 10.6. The molecule has 4 atom stereocenters. The van der Waals surface area contributed by atoms with Gasteiger partial charge in [-0.1, -0.05) is 32.0 Å². The SMILES string of the molecule is CC(C)C[C@H](NC(=O)[C@H](CC(=O)C=[N+]=[N-])NC(=O)c1ccccc1)C(=O)N[C@H](C(N)=O)[C@@H](C)O. The molecule has 0 aliphatic rings. The molecule has 0 spiro atoms. The standard InChI is InChI=1S/C22H30N6O6/c1-12(2)9-16(22(34)28-18(13(3)29)19(23)31)27-21(33)17(10-15(30)11-25-24)26-20(32)14-7-5-4-6-8-14/h4-8,11-13,16-18,29H,9-10H2,1-3H3,(H2,23,31)(H,26,32)(H,27,33)(H,28,34)/t13-,16+,17+,18+/m1/s1. The summed E-state index contributed by atoms with van der Waals surface area (Å²) in [5.74, 6) is -4.04. The molecule has 6 N–H and O–H groups in total. The number of Topliss-reactive ketones (excluding diaryl/α,β-unsaturated/α-hetero) is 1. The number of rotatable bonds is 13. The third-order valence-electron chi connectivity index (χ3n) is 4.69. The van der Waals surface area contributed by atoms with Gasteiger partial charge in [0.15, 0.2) is 0 Å². The predicted molar refractivity (Wildman–Crippen MR) is 121 cm³/mol. The summed E-state index contributed by atoms with van der Waals surface area (Å²) in [6, 6.07) is 4.02. The molecule has 0 heterocycles. The summed E-state index contributed by atoms with van der Waals surface area (Å²) in [4.78, 5) is 64.4. The van der Waals surface area contributed by atoms with Crippen LogP contribution in [0, 0.1) is 5.92 Å². The maximum Gasteiger partial charge on any atom is 0.323 e. The lowest BCUT2D eigenvalue weighted by Crippen LogP contribution is -2.58. The second-order valence-corrected chi connectivity index (χ2v) is 8.13. The van der Waals surface area contributed by atoms with E-state index in [2.05, 4.69) is 20.7 Å². The number of amides is 4. The monoisotopic (exact) mass is 474 g/mol. The number of aliphatic hydroxyl groups excluding tert-OH is 1. The van der Waals surface area contributed by atoms with Gasteiger partial charge in [0.1, 0.15) is 18.1 Å². The minimum absolute atomic E-state index is 0.0739. The van der Waals surface area contributed by atoms with Crippen LogP contribution in [0.4, 0.5) is 0 Å².